The molecule has 0 aliphatic rings. The molecule has 0 bridgehead atoms. The van der Waals surface area contributed by atoms with Crippen LogP contribution in [0.15, 0.2) is 18.3 Å². The van der Waals surface area contributed by atoms with E-state index in [0.717, 1.165) is 27.7 Å². The lowest BCUT2D eigenvalue weighted by molar-refractivity contribution is 0.0950. The van der Waals surface area contributed by atoms with Crippen LogP contribution in [0, 0.1) is 14.1 Å². The predicted molar refractivity (Wildman–Crippen MR) is 97.5 cm³/mol. The standard InChI is InChI=1S/C14H15I2N3O2/c1-8-9(7-18-19-8)3-2-4-17-14(21)11-5-10(15)6-12(16)13(11)20/h5-7,20H,2-4H2,1H3,(H,17,21)(H,18,19). The molecule has 2 rings (SSSR count). The average Bonchev–Trinajstić information content (AvgIpc) is 2.84. The normalized spacial score (nSPS) is 10.6. The zero-order chi connectivity index (χ0) is 15.4. The molecule has 21 heavy (non-hydrogen) atoms. The number of H-pyrrole nitrogens is 1. The van der Waals surface area contributed by atoms with E-state index in [-0.39, 0.29) is 11.7 Å². The van der Waals surface area contributed by atoms with Crippen molar-refractivity contribution in [2.24, 2.45) is 0 Å². The summed E-state index contributed by atoms with van der Waals surface area (Å²) in [5.41, 5.74) is 2.55. The van der Waals surface area contributed by atoms with Crippen molar-refractivity contribution in [1.82, 2.24) is 15.5 Å². The van der Waals surface area contributed by atoms with Gasteiger partial charge in [0, 0.05) is 15.8 Å². The second kappa shape index (κ2) is 7.43. The Morgan fingerprint density at radius 2 is 2.19 bits per heavy atom. The molecule has 1 aromatic heterocycles. The number of phenols is 1. The van der Waals surface area contributed by atoms with Crippen LogP contribution in [-0.2, 0) is 6.42 Å². The van der Waals surface area contributed by atoms with Crippen molar-refractivity contribution >= 4 is 51.1 Å². The van der Waals surface area contributed by atoms with Gasteiger partial charge in [-0.25, -0.2) is 0 Å². The van der Waals surface area contributed by atoms with E-state index in [0.29, 0.717) is 15.7 Å². The fraction of sp³-hybridized carbons (Fsp3) is 0.286. The van der Waals surface area contributed by atoms with Crippen LogP contribution < -0.4 is 5.32 Å². The summed E-state index contributed by atoms with van der Waals surface area (Å²) in [4.78, 5) is 12.1. The van der Waals surface area contributed by atoms with Crippen molar-refractivity contribution < 1.29 is 9.90 Å². The van der Waals surface area contributed by atoms with Gasteiger partial charge in [-0.1, -0.05) is 0 Å². The molecule has 2 aromatic rings. The third kappa shape index (κ3) is 4.31. The molecule has 1 amide bonds. The monoisotopic (exact) mass is 511 g/mol. The van der Waals surface area contributed by atoms with Crippen LogP contribution in [0.4, 0.5) is 0 Å². The minimum absolute atomic E-state index is 0.0409. The minimum atomic E-state index is -0.243. The van der Waals surface area contributed by atoms with Crippen LogP contribution >= 0.6 is 45.2 Å². The summed E-state index contributed by atoms with van der Waals surface area (Å²) in [6.07, 6.45) is 3.50. The smallest absolute Gasteiger partial charge is 0.255 e. The zero-order valence-corrected chi connectivity index (χ0v) is 15.7. The summed E-state index contributed by atoms with van der Waals surface area (Å²) in [7, 11) is 0. The van der Waals surface area contributed by atoms with Gasteiger partial charge >= 0.3 is 0 Å². The molecule has 0 aliphatic carbocycles. The van der Waals surface area contributed by atoms with E-state index in [4.69, 9.17) is 0 Å². The van der Waals surface area contributed by atoms with E-state index in [1.165, 1.54) is 0 Å². The number of nitrogens with zero attached hydrogens (tertiary/aromatic N) is 1. The number of amides is 1. The van der Waals surface area contributed by atoms with Gasteiger partial charge in [-0.2, -0.15) is 5.10 Å². The molecule has 3 N–H and O–H groups in total. The summed E-state index contributed by atoms with van der Waals surface area (Å²) in [5, 5.41) is 19.7. The molecule has 0 aliphatic heterocycles. The number of phenolic OH excluding ortho intramolecular Hbond substituents is 1. The van der Waals surface area contributed by atoms with Gasteiger partial charge in [0.2, 0.25) is 0 Å². The van der Waals surface area contributed by atoms with Crippen LogP contribution in [0.25, 0.3) is 0 Å². The maximum Gasteiger partial charge on any atom is 0.255 e. The topological polar surface area (TPSA) is 78.0 Å². The van der Waals surface area contributed by atoms with Crippen LogP contribution in [0.5, 0.6) is 5.75 Å². The predicted octanol–water partition coefficient (Wildman–Crippen LogP) is 3.00. The molecule has 1 heterocycles. The van der Waals surface area contributed by atoms with Gasteiger partial charge in [0.1, 0.15) is 5.75 Å². The van der Waals surface area contributed by atoms with Crippen molar-refractivity contribution in [3.63, 3.8) is 0 Å². The molecule has 5 nitrogen and oxygen atoms in total. The number of hydrogen-bond acceptors (Lipinski definition) is 3. The first-order valence-electron chi connectivity index (χ1n) is 6.44. The van der Waals surface area contributed by atoms with Gasteiger partial charge in [-0.3, -0.25) is 9.89 Å². The Morgan fingerprint density at radius 1 is 1.43 bits per heavy atom. The van der Waals surface area contributed by atoms with E-state index in [1.807, 2.05) is 41.8 Å². The summed E-state index contributed by atoms with van der Waals surface area (Å²) in [5.74, 6) is -0.202. The summed E-state index contributed by atoms with van der Waals surface area (Å²) in [6.45, 7) is 2.54. The maximum absolute atomic E-state index is 12.1. The molecule has 0 saturated carbocycles. The number of aromatic amines is 1. The van der Waals surface area contributed by atoms with Crippen molar-refractivity contribution in [3.8, 4) is 5.75 Å². The molecule has 7 heteroatoms. The Balaban J connectivity index is 1.89. The fourth-order valence-corrected chi connectivity index (χ4v) is 3.79. The van der Waals surface area contributed by atoms with Gasteiger partial charge in [0.05, 0.1) is 15.3 Å². The third-order valence-electron chi connectivity index (χ3n) is 3.12. The number of hydrogen-bond donors (Lipinski definition) is 3. The molecule has 112 valence electrons. The Labute approximate surface area is 150 Å². The maximum atomic E-state index is 12.1. The molecule has 0 unspecified atom stereocenters. The minimum Gasteiger partial charge on any atom is -0.506 e. The average molecular weight is 511 g/mol. The van der Waals surface area contributed by atoms with E-state index >= 15 is 0 Å². The number of nitrogens with one attached hydrogen (secondary N) is 2. The summed E-state index contributed by atoms with van der Waals surface area (Å²) < 4.78 is 1.60. The van der Waals surface area contributed by atoms with Gasteiger partial charge in [0.15, 0.2) is 0 Å². The molecular weight excluding hydrogens is 496 g/mol. The first-order chi connectivity index (χ1) is 9.99. The lowest BCUT2D eigenvalue weighted by Crippen LogP contribution is -2.25. The number of carbonyl (C=O) groups is 1. The first kappa shape index (κ1) is 16.5. The van der Waals surface area contributed by atoms with Crippen LogP contribution in [0.3, 0.4) is 0 Å². The van der Waals surface area contributed by atoms with Crippen molar-refractivity contribution in [2.45, 2.75) is 19.8 Å². The van der Waals surface area contributed by atoms with Crippen LogP contribution in [-0.4, -0.2) is 27.8 Å². The molecule has 0 saturated heterocycles. The van der Waals surface area contributed by atoms with Crippen molar-refractivity contribution in [3.05, 3.63) is 42.3 Å². The Kier molecular flexibility index (Phi) is 5.85. The SMILES string of the molecule is Cc1[nH]ncc1CCCNC(=O)c1cc(I)cc(I)c1O. The number of rotatable bonds is 5. The Bertz CT molecular complexity index is 656. The quantitative estimate of drug-likeness (QED) is 0.427. The highest BCUT2D eigenvalue weighted by molar-refractivity contribution is 14.1. The van der Waals surface area contributed by atoms with E-state index in [2.05, 4.69) is 38.1 Å². The summed E-state index contributed by atoms with van der Waals surface area (Å²) >= 11 is 4.15. The molecule has 0 radical (unpaired) electrons. The zero-order valence-electron chi connectivity index (χ0n) is 11.4. The van der Waals surface area contributed by atoms with Crippen LogP contribution in [0.2, 0.25) is 0 Å². The molecule has 0 atom stereocenters. The largest absolute Gasteiger partial charge is 0.506 e. The van der Waals surface area contributed by atoms with Gasteiger partial charge < -0.3 is 10.4 Å². The number of carbonyl (C=O) groups excluding carboxylic acids is 1. The Morgan fingerprint density at radius 3 is 2.86 bits per heavy atom. The highest BCUT2D eigenvalue weighted by Crippen LogP contribution is 2.26. The number of aromatic nitrogens is 2. The lowest BCUT2D eigenvalue weighted by Gasteiger charge is -2.08. The highest BCUT2D eigenvalue weighted by atomic mass is 127. The number of benzene rings is 1. The van der Waals surface area contributed by atoms with Crippen LogP contribution in [0.1, 0.15) is 28.0 Å². The summed E-state index contributed by atoms with van der Waals surface area (Å²) in [6, 6.07) is 3.52. The molecule has 1 aromatic carbocycles. The number of aromatic hydroxyl groups is 1. The van der Waals surface area contributed by atoms with Gasteiger partial charge in [-0.05, 0) is 82.6 Å². The van der Waals surface area contributed by atoms with E-state index < -0.39 is 0 Å². The third-order valence-corrected chi connectivity index (χ3v) is 4.56. The number of halogens is 2. The lowest BCUT2D eigenvalue weighted by atomic mass is 10.1. The Hall–Kier alpha value is -0.840. The second-order valence-electron chi connectivity index (χ2n) is 4.66. The fourth-order valence-electron chi connectivity index (χ4n) is 1.94. The molecule has 0 spiro atoms. The second-order valence-corrected chi connectivity index (χ2v) is 7.07. The molecule has 0 fully saturated rings. The van der Waals surface area contributed by atoms with Gasteiger partial charge in [-0.15, -0.1) is 0 Å². The number of aryl methyl sites for hydroxylation is 2. The van der Waals surface area contributed by atoms with Crippen molar-refractivity contribution in [1.29, 1.82) is 0 Å². The van der Waals surface area contributed by atoms with E-state index in [9.17, 15) is 9.90 Å². The molecular formula is C14H15I2N3O2. The van der Waals surface area contributed by atoms with Gasteiger partial charge in [0.25, 0.3) is 5.91 Å². The van der Waals surface area contributed by atoms with E-state index in [1.54, 1.807) is 6.07 Å². The highest BCUT2D eigenvalue weighted by Gasteiger charge is 2.14. The van der Waals surface area contributed by atoms with Crippen molar-refractivity contribution in [2.75, 3.05) is 6.54 Å². The first-order valence-corrected chi connectivity index (χ1v) is 8.60.